The number of para-hydroxylation sites is 1. The first-order valence-corrected chi connectivity index (χ1v) is 6.17. The zero-order valence-corrected chi connectivity index (χ0v) is 10.4. The molecule has 0 amide bonds. The molecule has 1 fully saturated rings. The van der Waals surface area contributed by atoms with Gasteiger partial charge in [0.05, 0.1) is 6.04 Å². The number of rotatable bonds is 2. The zero-order valence-electron chi connectivity index (χ0n) is 9.68. The minimum atomic E-state index is -0.303. The van der Waals surface area contributed by atoms with Crippen LogP contribution in [-0.4, -0.2) is 5.00 Å². The highest BCUT2D eigenvalue weighted by Crippen LogP contribution is 2.58. The molecule has 0 aromatic heterocycles. The van der Waals surface area contributed by atoms with E-state index < -0.39 is 0 Å². The van der Waals surface area contributed by atoms with E-state index in [0.717, 1.165) is 0 Å². The Balaban J connectivity index is 1.95. The second kappa shape index (κ2) is 3.78. The van der Waals surface area contributed by atoms with Gasteiger partial charge in [-0.25, -0.2) is 0 Å². The predicted molar refractivity (Wildman–Crippen MR) is 72.4 cm³/mol. The van der Waals surface area contributed by atoms with E-state index in [-0.39, 0.29) is 11.0 Å². The molecular weight excluding hydrogens is 230 g/mol. The van der Waals surface area contributed by atoms with Gasteiger partial charge in [-0.15, -0.1) is 0 Å². The highest BCUT2D eigenvalue weighted by atomic mass is 35.5. The third-order valence-corrected chi connectivity index (χ3v) is 3.70. The summed E-state index contributed by atoms with van der Waals surface area (Å²) in [6.45, 7) is 2.07. The molecule has 2 aromatic rings. The SMILES string of the molecule is C[C@]1(Cl)[C@@H](c2ccccc2)N1c1ccccc1. The van der Waals surface area contributed by atoms with Crippen molar-refractivity contribution in [3.8, 4) is 0 Å². The Morgan fingerprint density at radius 3 is 2.06 bits per heavy atom. The Hall–Kier alpha value is -1.47. The molecule has 0 spiro atoms. The Labute approximate surface area is 107 Å². The maximum atomic E-state index is 6.57. The van der Waals surface area contributed by atoms with Crippen LogP contribution in [0.15, 0.2) is 60.7 Å². The number of alkyl halides is 1. The van der Waals surface area contributed by atoms with Crippen LogP contribution >= 0.6 is 11.6 Å². The van der Waals surface area contributed by atoms with Crippen LogP contribution in [-0.2, 0) is 0 Å². The van der Waals surface area contributed by atoms with Crippen LogP contribution in [0.5, 0.6) is 0 Å². The van der Waals surface area contributed by atoms with E-state index in [4.69, 9.17) is 11.6 Å². The highest BCUT2D eigenvalue weighted by molar-refractivity contribution is 6.29. The van der Waals surface area contributed by atoms with E-state index in [1.807, 2.05) is 24.3 Å². The van der Waals surface area contributed by atoms with Gasteiger partial charge in [-0.05, 0) is 24.6 Å². The fourth-order valence-electron chi connectivity index (χ4n) is 2.44. The highest BCUT2D eigenvalue weighted by Gasteiger charge is 2.58. The molecule has 1 aliphatic heterocycles. The molecule has 17 heavy (non-hydrogen) atoms. The minimum absolute atomic E-state index is 0.271. The van der Waals surface area contributed by atoms with Crippen molar-refractivity contribution in [2.45, 2.75) is 18.0 Å². The maximum absolute atomic E-state index is 6.57. The molecule has 1 aliphatic rings. The zero-order chi connectivity index (χ0) is 11.9. The molecule has 2 atom stereocenters. The molecule has 86 valence electrons. The van der Waals surface area contributed by atoms with E-state index in [0.29, 0.717) is 0 Å². The molecule has 0 N–H and O–H groups in total. The Morgan fingerprint density at radius 1 is 0.941 bits per heavy atom. The summed E-state index contributed by atoms with van der Waals surface area (Å²) in [5.41, 5.74) is 2.45. The predicted octanol–water partition coefficient (Wildman–Crippen LogP) is 4.20. The lowest BCUT2D eigenvalue weighted by Gasteiger charge is -2.06. The Kier molecular flexibility index (Phi) is 2.37. The topological polar surface area (TPSA) is 3.01 Å². The summed E-state index contributed by atoms with van der Waals surface area (Å²) < 4.78 is 0. The van der Waals surface area contributed by atoms with Crippen LogP contribution in [0.4, 0.5) is 5.69 Å². The molecule has 0 aliphatic carbocycles. The summed E-state index contributed by atoms with van der Waals surface area (Å²) >= 11 is 6.57. The van der Waals surface area contributed by atoms with E-state index in [1.54, 1.807) is 0 Å². The first-order chi connectivity index (χ1) is 8.21. The number of hydrogen-bond donors (Lipinski definition) is 0. The van der Waals surface area contributed by atoms with Crippen LogP contribution in [0.2, 0.25) is 0 Å². The summed E-state index contributed by atoms with van der Waals surface area (Å²) in [6.07, 6.45) is 0. The number of halogens is 1. The van der Waals surface area contributed by atoms with Crippen molar-refractivity contribution in [1.82, 2.24) is 0 Å². The van der Waals surface area contributed by atoms with Crippen LogP contribution in [0, 0.1) is 0 Å². The molecule has 0 bridgehead atoms. The molecule has 2 aromatic carbocycles. The Bertz CT molecular complexity index is 459. The second-order valence-electron chi connectivity index (χ2n) is 4.54. The molecule has 0 unspecified atom stereocenters. The van der Waals surface area contributed by atoms with Crippen LogP contribution in [0.25, 0.3) is 0 Å². The van der Waals surface area contributed by atoms with Crippen LogP contribution in [0.3, 0.4) is 0 Å². The first kappa shape index (κ1) is 10.7. The molecule has 0 saturated carbocycles. The maximum Gasteiger partial charge on any atom is 0.137 e. The van der Waals surface area contributed by atoms with E-state index in [2.05, 4.69) is 48.2 Å². The number of benzene rings is 2. The largest absolute Gasteiger partial charge is 0.340 e. The van der Waals surface area contributed by atoms with Gasteiger partial charge in [0, 0.05) is 5.69 Å². The molecule has 1 nitrogen and oxygen atoms in total. The number of hydrogen-bond acceptors (Lipinski definition) is 1. The van der Waals surface area contributed by atoms with E-state index in [9.17, 15) is 0 Å². The van der Waals surface area contributed by atoms with Crippen molar-refractivity contribution >= 4 is 17.3 Å². The van der Waals surface area contributed by atoms with Crippen molar-refractivity contribution < 1.29 is 0 Å². The third-order valence-electron chi connectivity index (χ3n) is 3.31. The monoisotopic (exact) mass is 243 g/mol. The fourth-order valence-corrected chi connectivity index (χ4v) is 2.81. The van der Waals surface area contributed by atoms with Gasteiger partial charge in [0.1, 0.15) is 5.00 Å². The average molecular weight is 244 g/mol. The summed E-state index contributed by atoms with van der Waals surface area (Å²) in [5.74, 6) is 0. The van der Waals surface area contributed by atoms with Gasteiger partial charge in [0.25, 0.3) is 0 Å². The molecular formula is C15H14ClN. The molecule has 1 saturated heterocycles. The average Bonchev–Trinajstić information content (AvgIpc) is 2.94. The van der Waals surface area contributed by atoms with Gasteiger partial charge in [-0.1, -0.05) is 60.1 Å². The normalized spacial score (nSPS) is 26.9. The number of anilines is 1. The van der Waals surface area contributed by atoms with Gasteiger partial charge >= 0.3 is 0 Å². The van der Waals surface area contributed by atoms with E-state index >= 15 is 0 Å². The lowest BCUT2D eigenvalue weighted by Crippen LogP contribution is -2.03. The van der Waals surface area contributed by atoms with Gasteiger partial charge in [0.15, 0.2) is 0 Å². The van der Waals surface area contributed by atoms with Crippen LogP contribution in [0.1, 0.15) is 18.5 Å². The van der Waals surface area contributed by atoms with Crippen LogP contribution < -0.4 is 4.90 Å². The quantitative estimate of drug-likeness (QED) is 0.434. The molecule has 3 rings (SSSR count). The van der Waals surface area contributed by atoms with Crippen molar-refractivity contribution in [2.24, 2.45) is 0 Å². The lowest BCUT2D eigenvalue weighted by molar-refractivity contribution is 0.957. The Morgan fingerprint density at radius 2 is 1.47 bits per heavy atom. The minimum Gasteiger partial charge on any atom is -0.340 e. The number of nitrogens with zero attached hydrogens (tertiary/aromatic N) is 1. The van der Waals surface area contributed by atoms with Gasteiger partial charge in [0.2, 0.25) is 0 Å². The second-order valence-corrected chi connectivity index (χ2v) is 5.31. The summed E-state index contributed by atoms with van der Waals surface area (Å²) in [7, 11) is 0. The van der Waals surface area contributed by atoms with Gasteiger partial charge in [-0.2, -0.15) is 0 Å². The molecule has 2 heteroatoms. The van der Waals surface area contributed by atoms with Crippen molar-refractivity contribution in [3.05, 3.63) is 66.2 Å². The standard InChI is InChI=1S/C15H14ClN/c1-15(16)14(12-8-4-2-5-9-12)17(15)13-10-6-3-7-11-13/h2-11,14H,1H3/t14-,15-,17?/m1/s1. The van der Waals surface area contributed by atoms with Crippen molar-refractivity contribution in [3.63, 3.8) is 0 Å². The van der Waals surface area contributed by atoms with Gasteiger partial charge < -0.3 is 4.90 Å². The lowest BCUT2D eigenvalue weighted by atomic mass is 10.1. The fraction of sp³-hybridized carbons (Fsp3) is 0.200. The van der Waals surface area contributed by atoms with E-state index in [1.165, 1.54) is 11.3 Å². The summed E-state index contributed by atoms with van der Waals surface area (Å²) in [5, 5.41) is 0. The van der Waals surface area contributed by atoms with Crippen molar-refractivity contribution in [2.75, 3.05) is 4.90 Å². The summed E-state index contributed by atoms with van der Waals surface area (Å²) in [4.78, 5) is 1.94. The third kappa shape index (κ3) is 1.71. The first-order valence-electron chi connectivity index (χ1n) is 5.79. The van der Waals surface area contributed by atoms with Gasteiger partial charge in [-0.3, -0.25) is 0 Å². The summed E-state index contributed by atoms with van der Waals surface area (Å²) in [6, 6.07) is 21.0. The molecule has 0 radical (unpaired) electrons. The molecule has 1 heterocycles. The van der Waals surface area contributed by atoms with Crippen molar-refractivity contribution in [1.29, 1.82) is 0 Å². The smallest absolute Gasteiger partial charge is 0.137 e.